The van der Waals surface area contributed by atoms with Crippen molar-refractivity contribution in [1.29, 1.82) is 0 Å². The fourth-order valence-electron chi connectivity index (χ4n) is 2.64. The van der Waals surface area contributed by atoms with E-state index in [0.29, 0.717) is 32.0 Å². The number of anilines is 2. The van der Waals surface area contributed by atoms with Crippen LogP contribution in [0, 0.1) is 5.82 Å². The predicted octanol–water partition coefficient (Wildman–Crippen LogP) is 2.23. The van der Waals surface area contributed by atoms with Crippen LogP contribution in [-0.4, -0.2) is 42.0 Å². The highest BCUT2D eigenvalue weighted by Crippen LogP contribution is 2.24. The van der Waals surface area contributed by atoms with E-state index in [2.05, 4.69) is 10.4 Å². The molecule has 1 aliphatic rings. The maximum absolute atomic E-state index is 14.0. The summed E-state index contributed by atoms with van der Waals surface area (Å²) in [4.78, 5) is 14.6. The lowest BCUT2D eigenvalue weighted by Gasteiger charge is -2.29. The zero-order valence-electron chi connectivity index (χ0n) is 13.8. The molecule has 1 N–H and O–H groups in total. The summed E-state index contributed by atoms with van der Waals surface area (Å²) in [5, 5.41) is 6.91. The van der Waals surface area contributed by atoms with Crippen molar-refractivity contribution >= 4 is 17.3 Å². The molecule has 3 rings (SSSR count). The average Bonchev–Trinajstić information content (AvgIpc) is 3.10. The van der Waals surface area contributed by atoms with Crippen molar-refractivity contribution in [2.75, 3.05) is 36.5 Å². The third-order valence-corrected chi connectivity index (χ3v) is 4.15. The zero-order chi connectivity index (χ0) is 17.2. The maximum atomic E-state index is 14.0. The van der Waals surface area contributed by atoms with Crippen LogP contribution in [-0.2, 0) is 15.1 Å². The number of rotatable bonds is 4. The zero-order valence-corrected chi connectivity index (χ0v) is 13.8. The van der Waals surface area contributed by atoms with Gasteiger partial charge in [0.05, 0.1) is 13.2 Å². The molecule has 0 atom stereocenters. The van der Waals surface area contributed by atoms with Crippen LogP contribution < -0.4 is 10.2 Å². The molecule has 0 radical (unpaired) electrons. The number of benzene rings is 1. The molecule has 6 nitrogen and oxygen atoms in total. The molecular formula is C17H21FN4O2. The number of nitrogens with zero attached hydrogens (tertiary/aromatic N) is 3. The fourth-order valence-corrected chi connectivity index (χ4v) is 2.64. The number of morpholine rings is 1. The van der Waals surface area contributed by atoms with E-state index in [1.165, 1.54) is 12.1 Å². The molecule has 1 amide bonds. The lowest BCUT2D eigenvalue weighted by atomic mass is 10.0. The van der Waals surface area contributed by atoms with Gasteiger partial charge in [-0.1, -0.05) is 0 Å². The Morgan fingerprint density at radius 2 is 2.04 bits per heavy atom. The topological polar surface area (TPSA) is 59.4 Å². The van der Waals surface area contributed by atoms with Crippen LogP contribution in [0.1, 0.15) is 13.8 Å². The number of nitrogens with one attached hydrogen (secondary N) is 1. The van der Waals surface area contributed by atoms with Gasteiger partial charge >= 0.3 is 0 Å². The predicted molar refractivity (Wildman–Crippen MR) is 89.6 cm³/mol. The van der Waals surface area contributed by atoms with E-state index >= 15 is 0 Å². The first-order valence-electron chi connectivity index (χ1n) is 7.92. The molecule has 2 heterocycles. The van der Waals surface area contributed by atoms with Gasteiger partial charge in [0.1, 0.15) is 11.4 Å². The van der Waals surface area contributed by atoms with E-state index in [-0.39, 0.29) is 11.7 Å². The van der Waals surface area contributed by atoms with Gasteiger partial charge < -0.3 is 15.0 Å². The molecule has 0 unspecified atom stereocenters. The minimum Gasteiger partial charge on any atom is -0.378 e. The molecule has 1 aliphatic heterocycles. The quantitative estimate of drug-likeness (QED) is 0.933. The molecule has 1 aromatic carbocycles. The standard InChI is InChI=1S/C17H21FN4O2/c1-17(2,22-5-3-4-19-22)16(23)20-14-10-13(18)11-15(12-14)21-6-8-24-9-7-21/h3-5,10-12H,6-9H2,1-2H3,(H,20,23). The Morgan fingerprint density at radius 1 is 1.29 bits per heavy atom. The summed E-state index contributed by atoms with van der Waals surface area (Å²) in [6, 6.07) is 6.33. The number of carbonyl (C=O) groups is 1. The molecule has 24 heavy (non-hydrogen) atoms. The maximum Gasteiger partial charge on any atom is 0.251 e. The molecule has 1 fully saturated rings. The summed E-state index contributed by atoms with van der Waals surface area (Å²) in [7, 11) is 0. The summed E-state index contributed by atoms with van der Waals surface area (Å²) in [6.07, 6.45) is 3.35. The third-order valence-electron chi connectivity index (χ3n) is 4.15. The molecular weight excluding hydrogens is 311 g/mol. The van der Waals surface area contributed by atoms with E-state index in [4.69, 9.17) is 4.74 Å². The Hall–Kier alpha value is -2.41. The lowest BCUT2D eigenvalue weighted by Crippen LogP contribution is -2.40. The Bertz CT molecular complexity index is 709. The van der Waals surface area contributed by atoms with Crippen LogP contribution in [0.15, 0.2) is 36.7 Å². The van der Waals surface area contributed by atoms with Crippen LogP contribution >= 0.6 is 0 Å². The molecule has 7 heteroatoms. The van der Waals surface area contributed by atoms with Gasteiger partial charge in [0.15, 0.2) is 0 Å². The molecule has 1 saturated heterocycles. The molecule has 1 aromatic heterocycles. The van der Waals surface area contributed by atoms with Crippen LogP contribution in [0.5, 0.6) is 0 Å². The molecule has 128 valence electrons. The lowest BCUT2D eigenvalue weighted by molar-refractivity contribution is -0.123. The van der Waals surface area contributed by atoms with Crippen LogP contribution in [0.25, 0.3) is 0 Å². The molecule has 0 spiro atoms. The minimum atomic E-state index is -0.880. The van der Waals surface area contributed by atoms with Crippen LogP contribution in [0.4, 0.5) is 15.8 Å². The molecule has 2 aromatic rings. The van der Waals surface area contributed by atoms with Crippen molar-refractivity contribution in [2.24, 2.45) is 0 Å². The highest BCUT2D eigenvalue weighted by molar-refractivity contribution is 5.96. The second kappa shape index (κ2) is 6.60. The van der Waals surface area contributed by atoms with Crippen molar-refractivity contribution in [1.82, 2.24) is 9.78 Å². The fraction of sp³-hybridized carbons (Fsp3) is 0.412. The van der Waals surface area contributed by atoms with Crippen molar-refractivity contribution in [3.8, 4) is 0 Å². The number of aromatic nitrogens is 2. The van der Waals surface area contributed by atoms with Gasteiger partial charge in [0.2, 0.25) is 0 Å². The Labute approximate surface area is 140 Å². The number of hydrogen-bond acceptors (Lipinski definition) is 4. The summed E-state index contributed by atoms with van der Waals surface area (Å²) in [5.41, 5.74) is 0.293. The van der Waals surface area contributed by atoms with Gasteiger partial charge in [-0.2, -0.15) is 5.10 Å². The monoisotopic (exact) mass is 332 g/mol. The van der Waals surface area contributed by atoms with E-state index < -0.39 is 5.54 Å². The number of carbonyl (C=O) groups excluding carboxylic acids is 1. The van der Waals surface area contributed by atoms with E-state index in [1.807, 2.05) is 4.90 Å². The Balaban J connectivity index is 1.79. The highest BCUT2D eigenvalue weighted by Gasteiger charge is 2.30. The number of hydrogen-bond donors (Lipinski definition) is 1. The summed E-state index contributed by atoms with van der Waals surface area (Å²) >= 11 is 0. The average molecular weight is 332 g/mol. The van der Waals surface area contributed by atoms with Gasteiger partial charge in [0, 0.05) is 36.9 Å². The van der Waals surface area contributed by atoms with Crippen molar-refractivity contribution in [2.45, 2.75) is 19.4 Å². The van der Waals surface area contributed by atoms with E-state index in [9.17, 15) is 9.18 Å². The number of ether oxygens (including phenoxy) is 1. The Kier molecular flexibility index (Phi) is 4.53. The second-order valence-corrected chi connectivity index (χ2v) is 6.26. The first kappa shape index (κ1) is 16.4. The normalized spacial score (nSPS) is 15.4. The first-order valence-corrected chi connectivity index (χ1v) is 7.92. The smallest absolute Gasteiger partial charge is 0.251 e. The molecule has 0 saturated carbocycles. The second-order valence-electron chi connectivity index (χ2n) is 6.26. The first-order chi connectivity index (χ1) is 11.5. The number of halogens is 1. The minimum absolute atomic E-state index is 0.260. The SMILES string of the molecule is CC(C)(C(=O)Nc1cc(F)cc(N2CCOCC2)c1)n1cccn1. The number of amides is 1. The van der Waals surface area contributed by atoms with Gasteiger partial charge in [-0.15, -0.1) is 0 Å². The van der Waals surface area contributed by atoms with Crippen molar-refractivity contribution < 1.29 is 13.9 Å². The summed E-state index contributed by atoms with van der Waals surface area (Å²) in [5.74, 6) is -0.643. The third kappa shape index (κ3) is 3.41. The van der Waals surface area contributed by atoms with Crippen LogP contribution in [0.2, 0.25) is 0 Å². The van der Waals surface area contributed by atoms with Crippen molar-refractivity contribution in [3.63, 3.8) is 0 Å². The largest absolute Gasteiger partial charge is 0.378 e. The molecule has 0 bridgehead atoms. The van der Waals surface area contributed by atoms with E-state index in [1.54, 1.807) is 43.1 Å². The van der Waals surface area contributed by atoms with Gasteiger partial charge in [-0.25, -0.2) is 4.39 Å². The highest BCUT2D eigenvalue weighted by atomic mass is 19.1. The van der Waals surface area contributed by atoms with Gasteiger partial charge in [-0.05, 0) is 38.1 Å². The molecule has 0 aliphatic carbocycles. The summed E-state index contributed by atoms with van der Waals surface area (Å²) in [6.45, 7) is 6.16. The van der Waals surface area contributed by atoms with Crippen LogP contribution in [0.3, 0.4) is 0 Å². The Morgan fingerprint density at radius 3 is 2.71 bits per heavy atom. The van der Waals surface area contributed by atoms with E-state index in [0.717, 1.165) is 5.69 Å². The van der Waals surface area contributed by atoms with Gasteiger partial charge in [-0.3, -0.25) is 9.48 Å². The summed E-state index contributed by atoms with van der Waals surface area (Å²) < 4.78 is 20.9. The van der Waals surface area contributed by atoms with Crippen molar-refractivity contribution in [3.05, 3.63) is 42.5 Å². The van der Waals surface area contributed by atoms with Gasteiger partial charge in [0.25, 0.3) is 5.91 Å².